The van der Waals surface area contributed by atoms with Crippen LogP contribution in [-0.4, -0.2) is 35.1 Å². The molecule has 2 aromatic carbocycles. The maximum atomic E-state index is 13.4. The van der Waals surface area contributed by atoms with Crippen LogP contribution in [0.5, 0.6) is 5.75 Å². The molecular weight excluding hydrogens is 468 g/mol. The minimum absolute atomic E-state index is 0.0794. The molecule has 8 rings (SSSR count). The van der Waals surface area contributed by atoms with Gasteiger partial charge in [-0.05, 0) is 54.7 Å². The van der Waals surface area contributed by atoms with Crippen molar-refractivity contribution < 1.29 is 23.9 Å². The van der Waals surface area contributed by atoms with Crippen molar-refractivity contribution in [2.45, 2.75) is 25.8 Å². The number of nitrogens with zero attached hydrogens (tertiary/aromatic N) is 2. The zero-order valence-electron chi connectivity index (χ0n) is 20.5. The second kappa shape index (κ2) is 8.13. The van der Waals surface area contributed by atoms with Gasteiger partial charge in [0.25, 0.3) is 0 Å². The molecule has 7 nitrogen and oxygen atoms in total. The second-order valence-electron chi connectivity index (χ2n) is 11.1. The first-order valence-corrected chi connectivity index (χ1v) is 13.1. The first-order chi connectivity index (χ1) is 17.9. The maximum Gasteiger partial charge on any atom is 0.316 e. The van der Waals surface area contributed by atoms with Crippen molar-refractivity contribution in [3.05, 3.63) is 72.3 Å². The number of esters is 1. The Balaban J connectivity index is 1.06. The van der Waals surface area contributed by atoms with Gasteiger partial charge in [-0.2, -0.15) is 0 Å². The number of benzene rings is 2. The molecular formula is C30H28N2O5. The monoisotopic (exact) mass is 496 g/mol. The van der Waals surface area contributed by atoms with E-state index in [1.807, 2.05) is 37.3 Å². The van der Waals surface area contributed by atoms with E-state index < -0.39 is 11.9 Å². The Bertz CT molecular complexity index is 1320. The van der Waals surface area contributed by atoms with Gasteiger partial charge < -0.3 is 9.64 Å². The average Bonchev–Trinajstić information content (AvgIpc) is 3.59. The second-order valence-corrected chi connectivity index (χ2v) is 11.1. The summed E-state index contributed by atoms with van der Waals surface area (Å²) in [7, 11) is 0. The van der Waals surface area contributed by atoms with Gasteiger partial charge in [-0.1, -0.05) is 48.6 Å². The molecule has 2 heterocycles. The molecule has 0 aromatic heterocycles. The molecule has 6 aliphatic rings. The van der Waals surface area contributed by atoms with Gasteiger partial charge in [0.05, 0.1) is 29.5 Å². The van der Waals surface area contributed by atoms with E-state index in [0.717, 1.165) is 12.0 Å². The third-order valence-corrected chi connectivity index (χ3v) is 9.20. The number of rotatable bonds is 5. The lowest BCUT2D eigenvalue weighted by Crippen LogP contribution is -2.40. The summed E-state index contributed by atoms with van der Waals surface area (Å²) in [5.74, 6) is -0.321. The van der Waals surface area contributed by atoms with Crippen LogP contribution in [0.4, 0.5) is 5.69 Å². The number of carbonyl (C=O) groups excluding carboxylic acids is 4. The van der Waals surface area contributed by atoms with E-state index in [1.54, 1.807) is 29.2 Å². The highest BCUT2D eigenvalue weighted by atomic mass is 16.5. The summed E-state index contributed by atoms with van der Waals surface area (Å²) >= 11 is 0. The van der Waals surface area contributed by atoms with Crippen molar-refractivity contribution in [1.29, 1.82) is 0 Å². The Kier molecular flexibility index (Phi) is 4.94. The summed E-state index contributed by atoms with van der Waals surface area (Å²) in [6.45, 7) is 2.25. The van der Waals surface area contributed by atoms with E-state index in [2.05, 4.69) is 12.2 Å². The minimum Gasteiger partial charge on any atom is -0.426 e. The minimum atomic E-state index is -0.575. The molecule has 7 heteroatoms. The van der Waals surface area contributed by atoms with Crippen LogP contribution in [0.3, 0.4) is 0 Å². The number of amides is 3. The highest BCUT2D eigenvalue weighted by molar-refractivity contribution is 6.22. The topological polar surface area (TPSA) is 84.0 Å². The maximum absolute atomic E-state index is 13.4. The third-order valence-electron chi connectivity index (χ3n) is 9.20. The smallest absolute Gasteiger partial charge is 0.316 e. The van der Waals surface area contributed by atoms with Crippen LogP contribution >= 0.6 is 0 Å². The van der Waals surface area contributed by atoms with Crippen molar-refractivity contribution in [2.24, 2.45) is 41.4 Å². The number of ether oxygens (including phenoxy) is 1. The number of allylic oxidation sites excluding steroid dienone is 2. The summed E-state index contributed by atoms with van der Waals surface area (Å²) < 4.78 is 5.67. The molecule has 4 fully saturated rings. The van der Waals surface area contributed by atoms with E-state index >= 15 is 0 Å². The summed E-state index contributed by atoms with van der Waals surface area (Å²) in [4.78, 5) is 55.6. The highest BCUT2D eigenvalue weighted by Gasteiger charge is 2.67. The summed E-state index contributed by atoms with van der Waals surface area (Å²) in [6.07, 6.45) is 5.52. The number of imide groups is 1. The van der Waals surface area contributed by atoms with Gasteiger partial charge in [0, 0.05) is 19.0 Å². The molecule has 2 saturated heterocycles. The molecule has 4 aliphatic carbocycles. The molecule has 2 bridgehead atoms. The van der Waals surface area contributed by atoms with E-state index in [9.17, 15) is 19.2 Å². The molecule has 37 heavy (non-hydrogen) atoms. The van der Waals surface area contributed by atoms with Crippen molar-refractivity contribution in [3.63, 3.8) is 0 Å². The lowest BCUT2D eigenvalue weighted by Gasteiger charge is -2.37. The molecule has 188 valence electrons. The van der Waals surface area contributed by atoms with Crippen LogP contribution < -0.4 is 9.64 Å². The van der Waals surface area contributed by atoms with Crippen LogP contribution in [0.1, 0.15) is 31.4 Å². The Morgan fingerprint density at radius 2 is 1.59 bits per heavy atom. The lowest BCUT2D eigenvalue weighted by molar-refractivity contribution is -0.139. The van der Waals surface area contributed by atoms with Gasteiger partial charge in [0.15, 0.2) is 0 Å². The molecule has 2 aliphatic heterocycles. The molecule has 3 amide bonds. The van der Waals surface area contributed by atoms with E-state index in [4.69, 9.17) is 4.74 Å². The summed E-state index contributed by atoms with van der Waals surface area (Å²) in [6, 6.07) is 16.2. The number of carbonyl (C=O) groups is 4. The standard InChI is InChI=1S/C30H28N2O5/c1-16(17-6-3-2-4-7-17)31-15-18(12-25(31)33)30(36)37-20-9-5-8-19(13-20)32-28(34)26-21-10-11-22(24-14-23(21)24)27(26)29(32)35/h2-11,13,16,18,21-24,26-27H,12,14-15H2,1H3/t16-,18-,21+,22+,23+,24+,26-,27+/m1/s1. The number of hydrogen-bond donors (Lipinski definition) is 0. The predicted octanol–water partition coefficient (Wildman–Crippen LogP) is 3.76. The van der Waals surface area contributed by atoms with Crippen LogP contribution in [0.25, 0.3) is 0 Å². The molecule has 2 aromatic rings. The molecule has 0 spiro atoms. The fraction of sp³-hybridized carbons (Fsp3) is 0.400. The molecule has 8 atom stereocenters. The number of likely N-dealkylation sites (tertiary alicyclic amines) is 1. The lowest BCUT2D eigenvalue weighted by atomic mass is 9.63. The largest absolute Gasteiger partial charge is 0.426 e. The quantitative estimate of drug-likeness (QED) is 0.272. The molecule has 2 saturated carbocycles. The van der Waals surface area contributed by atoms with Crippen molar-refractivity contribution in [3.8, 4) is 5.75 Å². The SMILES string of the molecule is C[C@H](c1ccccc1)N1C[C@H](C(=O)Oc2cccc(N3C(=O)[C@@H]4[C@H]5C=C[C@@H]([C@@H]6C[C@@H]56)[C@@H]4C3=O)c2)CC1=O. The van der Waals surface area contributed by atoms with Crippen molar-refractivity contribution >= 4 is 29.4 Å². The van der Waals surface area contributed by atoms with Gasteiger partial charge >= 0.3 is 5.97 Å². The number of anilines is 1. The third kappa shape index (κ3) is 3.40. The van der Waals surface area contributed by atoms with Gasteiger partial charge in [0.2, 0.25) is 17.7 Å². The van der Waals surface area contributed by atoms with E-state index in [0.29, 0.717) is 17.5 Å². The normalized spacial score (nSPS) is 34.0. The molecule has 0 radical (unpaired) electrons. The van der Waals surface area contributed by atoms with E-state index in [-0.39, 0.29) is 66.2 Å². The Labute approximate surface area is 215 Å². The van der Waals surface area contributed by atoms with Gasteiger partial charge in [-0.15, -0.1) is 0 Å². The summed E-state index contributed by atoms with van der Waals surface area (Å²) in [5.41, 5.74) is 1.45. The van der Waals surface area contributed by atoms with Crippen molar-refractivity contribution in [1.82, 2.24) is 4.90 Å². The van der Waals surface area contributed by atoms with Crippen LogP contribution in [0.2, 0.25) is 0 Å². The Morgan fingerprint density at radius 1 is 0.919 bits per heavy atom. The molecule has 0 N–H and O–H groups in total. The number of hydrogen-bond acceptors (Lipinski definition) is 5. The zero-order valence-corrected chi connectivity index (χ0v) is 20.5. The van der Waals surface area contributed by atoms with Crippen LogP contribution in [0.15, 0.2) is 66.7 Å². The highest BCUT2D eigenvalue weighted by Crippen LogP contribution is 2.65. The summed E-state index contributed by atoms with van der Waals surface area (Å²) in [5, 5.41) is 0. The Hall–Kier alpha value is -3.74. The predicted molar refractivity (Wildman–Crippen MR) is 134 cm³/mol. The fourth-order valence-corrected chi connectivity index (χ4v) is 7.27. The fourth-order valence-electron chi connectivity index (χ4n) is 7.27. The first kappa shape index (κ1) is 22.5. The van der Waals surface area contributed by atoms with Gasteiger partial charge in [-0.3, -0.25) is 19.2 Å². The van der Waals surface area contributed by atoms with Gasteiger partial charge in [0.1, 0.15) is 5.75 Å². The average molecular weight is 497 g/mol. The van der Waals surface area contributed by atoms with Gasteiger partial charge in [-0.25, -0.2) is 4.90 Å². The zero-order chi connectivity index (χ0) is 25.4. The van der Waals surface area contributed by atoms with Crippen LogP contribution in [0, 0.1) is 41.4 Å². The van der Waals surface area contributed by atoms with E-state index in [1.165, 1.54) is 4.90 Å². The Morgan fingerprint density at radius 3 is 2.27 bits per heavy atom. The van der Waals surface area contributed by atoms with Crippen molar-refractivity contribution in [2.75, 3.05) is 11.4 Å². The first-order valence-electron chi connectivity index (χ1n) is 13.1. The van der Waals surface area contributed by atoms with Crippen LogP contribution in [-0.2, 0) is 19.2 Å². The molecule has 0 unspecified atom stereocenters.